The highest BCUT2D eigenvalue weighted by Crippen LogP contribution is 2.31. The number of fused-ring (bicyclic) bond motifs is 1. The van der Waals surface area contributed by atoms with Crippen LogP contribution in [0.3, 0.4) is 0 Å². The van der Waals surface area contributed by atoms with Gasteiger partial charge in [-0.3, -0.25) is 14.9 Å². The smallest absolute Gasteiger partial charge is 0.321 e. The Morgan fingerprint density at radius 3 is 2.79 bits per heavy atom. The first-order chi connectivity index (χ1) is 14.1. The van der Waals surface area contributed by atoms with Crippen LogP contribution in [-0.2, 0) is 22.6 Å². The van der Waals surface area contributed by atoms with E-state index in [1.807, 2.05) is 0 Å². The Morgan fingerprint density at radius 1 is 1.21 bits per heavy atom. The number of aromatic nitrogens is 3. The lowest BCUT2D eigenvalue weighted by Crippen LogP contribution is -2.32. The lowest BCUT2D eigenvalue weighted by atomic mass is 10.1. The molecule has 4 heterocycles. The van der Waals surface area contributed by atoms with Gasteiger partial charge in [-0.05, 0) is 0 Å². The molecule has 29 heavy (non-hydrogen) atoms. The number of carbonyl (C=O) groups excluding carboxylic acids is 2. The zero-order chi connectivity index (χ0) is 20.4. The molecule has 0 saturated heterocycles. The van der Waals surface area contributed by atoms with E-state index < -0.39 is 0 Å². The van der Waals surface area contributed by atoms with Crippen LogP contribution in [0, 0.1) is 0 Å². The normalized spacial score (nSPS) is 15.9. The molecule has 2 aromatic heterocycles. The monoisotopic (exact) mass is 417 g/mol. The second-order valence-corrected chi connectivity index (χ2v) is 7.45. The van der Waals surface area contributed by atoms with Gasteiger partial charge >= 0.3 is 6.01 Å². The number of anilines is 2. The van der Waals surface area contributed by atoms with Crippen molar-refractivity contribution < 1.29 is 19.1 Å². The Morgan fingerprint density at radius 2 is 2.07 bits per heavy atom. The third kappa shape index (κ3) is 4.11. The van der Waals surface area contributed by atoms with Crippen molar-refractivity contribution >= 4 is 39.8 Å². The summed E-state index contributed by atoms with van der Waals surface area (Å²) in [5.41, 5.74) is 3.57. The van der Waals surface area contributed by atoms with Gasteiger partial charge < -0.3 is 14.4 Å². The van der Waals surface area contributed by atoms with Gasteiger partial charge in [-0.2, -0.15) is 15.1 Å². The predicted molar refractivity (Wildman–Crippen MR) is 105 cm³/mol. The molecule has 11 nitrogen and oxygen atoms in total. The minimum atomic E-state index is -0.349. The zero-order valence-corrected chi connectivity index (χ0v) is 16.7. The van der Waals surface area contributed by atoms with E-state index in [1.54, 1.807) is 13.2 Å². The average Bonchev–Trinajstić information content (AvgIpc) is 3.15. The van der Waals surface area contributed by atoms with E-state index in [0.29, 0.717) is 48.5 Å². The standard InChI is InChI=1S/C17H19N7O4S/c1-27-14-7-12(19-16(20-14)28-2)24-6-5-9-11(8-24)29-17(18-9)21-15(26)10-3-4-13(25)23-22-10/h7H,3-6,8H2,1-2H3,(H,23,25)(H,18,21,26). The molecule has 0 radical (unpaired) electrons. The van der Waals surface area contributed by atoms with E-state index in [-0.39, 0.29) is 24.2 Å². The van der Waals surface area contributed by atoms with Gasteiger partial charge in [0.25, 0.3) is 5.91 Å². The lowest BCUT2D eigenvalue weighted by molar-refractivity contribution is -0.121. The van der Waals surface area contributed by atoms with Crippen LogP contribution in [0.4, 0.5) is 10.9 Å². The molecule has 0 aromatic carbocycles. The molecule has 0 unspecified atom stereocenters. The molecular weight excluding hydrogens is 398 g/mol. The summed E-state index contributed by atoms with van der Waals surface area (Å²) < 4.78 is 10.4. The molecule has 2 aliphatic heterocycles. The van der Waals surface area contributed by atoms with E-state index in [2.05, 4.69) is 35.7 Å². The van der Waals surface area contributed by atoms with Crippen molar-refractivity contribution in [3.63, 3.8) is 0 Å². The van der Waals surface area contributed by atoms with Crippen molar-refractivity contribution in [2.75, 3.05) is 31.0 Å². The summed E-state index contributed by atoms with van der Waals surface area (Å²) in [6.07, 6.45) is 1.28. The fourth-order valence-electron chi connectivity index (χ4n) is 3.00. The summed E-state index contributed by atoms with van der Waals surface area (Å²) >= 11 is 1.41. The predicted octanol–water partition coefficient (Wildman–Crippen LogP) is 0.717. The van der Waals surface area contributed by atoms with E-state index in [0.717, 1.165) is 10.6 Å². The average molecular weight is 417 g/mol. The van der Waals surface area contributed by atoms with Gasteiger partial charge in [0.05, 0.1) is 26.5 Å². The molecule has 0 atom stereocenters. The number of carbonyl (C=O) groups is 2. The molecule has 0 aliphatic carbocycles. The van der Waals surface area contributed by atoms with Gasteiger partial charge in [0, 0.05) is 36.8 Å². The summed E-state index contributed by atoms with van der Waals surface area (Å²) in [6, 6.07) is 2.00. The molecular formula is C17H19N7O4S. The Kier molecular flexibility index (Phi) is 5.25. The first kappa shape index (κ1) is 19.1. The van der Waals surface area contributed by atoms with Crippen molar-refractivity contribution in [1.82, 2.24) is 20.4 Å². The molecule has 0 fully saturated rings. The highest BCUT2D eigenvalue weighted by Gasteiger charge is 2.25. The number of methoxy groups -OCH3 is 2. The quantitative estimate of drug-likeness (QED) is 0.728. The second-order valence-electron chi connectivity index (χ2n) is 6.36. The molecule has 2 N–H and O–H groups in total. The maximum atomic E-state index is 12.3. The summed E-state index contributed by atoms with van der Waals surface area (Å²) in [5.74, 6) is 0.587. The Bertz CT molecular complexity index is 968. The summed E-state index contributed by atoms with van der Waals surface area (Å²) in [5, 5.41) is 7.10. The van der Waals surface area contributed by atoms with Crippen LogP contribution >= 0.6 is 11.3 Å². The first-order valence-corrected chi connectivity index (χ1v) is 9.74. The summed E-state index contributed by atoms with van der Waals surface area (Å²) in [4.78, 5) is 39.7. The number of amides is 2. The number of rotatable bonds is 5. The molecule has 2 amide bonds. The number of hydrogen-bond donors (Lipinski definition) is 2. The van der Waals surface area contributed by atoms with Crippen LogP contribution in [0.1, 0.15) is 23.4 Å². The SMILES string of the molecule is COc1cc(N2CCc3nc(NC(=O)C4=NNC(=O)CC4)sc3C2)nc(OC)n1. The van der Waals surface area contributed by atoms with Crippen LogP contribution in [0.2, 0.25) is 0 Å². The molecule has 0 spiro atoms. The number of nitrogens with one attached hydrogen (secondary N) is 2. The number of ether oxygens (including phenoxy) is 2. The fourth-order valence-corrected chi connectivity index (χ4v) is 4.02. The number of hydrogen-bond acceptors (Lipinski definition) is 10. The van der Waals surface area contributed by atoms with Crippen molar-refractivity contribution in [2.45, 2.75) is 25.8 Å². The van der Waals surface area contributed by atoms with Gasteiger partial charge in [0.2, 0.25) is 11.8 Å². The third-order valence-corrected chi connectivity index (χ3v) is 5.50. The molecule has 2 aliphatic rings. The minimum Gasteiger partial charge on any atom is -0.481 e. The van der Waals surface area contributed by atoms with Crippen molar-refractivity contribution in [2.24, 2.45) is 5.10 Å². The van der Waals surface area contributed by atoms with Gasteiger partial charge in [0.15, 0.2) is 5.13 Å². The van der Waals surface area contributed by atoms with E-state index in [1.165, 1.54) is 18.4 Å². The zero-order valence-electron chi connectivity index (χ0n) is 15.9. The molecule has 0 bridgehead atoms. The molecule has 152 valence electrons. The third-order valence-electron chi connectivity index (χ3n) is 4.50. The molecule has 4 rings (SSSR count). The van der Waals surface area contributed by atoms with E-state index in [9.17, 15) is 9.59 Å². The largest absolute Gasteiger partial charge is 0.481 e. The summed E-state index contributed by atoms with van der Waals surface area (Å²) in [7, 11) is 3.05. The molecule has 12 heteroatoms. The number of thiazole rings is 1. The maximum absolute atomic E-state index is 12.3. The second kappa shape index (κ2) is 7.99. The van der Waals surface area contributed by atoms with Crippen LogP contribution in [0.5, 0.6) is 11.9 Å². The maximum Gasteiger partial charge on any atom is 0.321 e. The van der Waals surface area contributed by atoms with Crippen LogP contribution in [-0.4, -0.2) is 53.2 Å². The molecule has 2 aromatic rings. The minimum absolute atomic E-state index is 0.190. The van der Waals surface area contributed by atoms with Crippen molar-refractivity contribution in [3.8, 4) is 11.9 Å². The van der Waals surface area contributed by atoms with Crippen LogP contribution in [0.15, 0.2) is 11.2 Å². The van der Waals surface area contributed by atoms with Crippen molar-refractivity contribution in [1.29, 1.82) is 0 Å². The number of hydrazone groups is 1. The fraction of sp³-hybridized carbons (Fsp3) is 0.412. The Balaban J connectivity index is 1.48. The highest BCUT2D eigenvalue weighted by atomic mass is 32.1. The Hall–Kier alpha value is -3.28. The van der Waals surface area contributed by atoms with Crippen molar-refractivity contribution in [3.05, 3.63) is 16.6 Å². The van der Waals surface area contributed by atoms with Gasteiger partial charge in [0.1, 0.15) is 11.5 Å². The number of nitrogens with zero attached hydrogens (tertiary/aromatic N) is 5. The highest BCUT2D eigenvalue weighted by molar-refractivity contribution is 7.16. The topological polar surface area (TPSA) is 131 Å². The van der Waals surface area contributed by atoms with Crippen LogP contribution in [0.25, 0.3) is 0 Å². The van der Waals surface area contributed by atoms with E-state index in [4.69, 9.17) is 9.47 Å². The van der Waals surface area contributed by atoms with Crippen LogP contribution < -0.4 is 25.1 Å². The molecule has 0 saturated carbocycles. The van der Waals surface area contributed by atoms with Gasteiger partial charge in [-0.15, -0.1) is 0 Å². The summed E-state index contributed by atoms with van der Waals surface area (Å²) in [6.45, 7) is 1.31. The first-order valence-electron chi connectivity index (χ1n) is 8.93. The van der Waals surface area contributed by atoms with Gasteiger partial charge in [-0.25, -0.2) is 10.4 Å². The lowest BCUT2D eigenvalue weighted by Gasteiger charge is -2.27. The Labute approximate surface area is 170 Å². The van der Waals surface area contributed by atoms with E-state index >= 15 is 0 Å². The van der Waals surface area contributed by atoms with Gasteiger partial charge in [-0.1, -0.05) is 11.3 Å².